The predicted octanol–water partition coefficient (Wildman–Crippen LogP) is 14.9. The van der Waals surface area contributed by atoms with Gasteiger partial charge in [0.1, 0.15) is 0 Å². The summed E-state index contributed by atoms with van der Waals surface area (Å²) in [5.74, 6) is 0. The van der Waals surface area contributed by atoms with E-state index in [1.807, 2.05) is 124 Å². The molecule has 0 saturated heterocycles. The molecule has 0 fully saturated rings. The van der Waals surface area contributed by atoms with Crippen LogP contribution >= 0.6 is 0 Å². The van der Waals surface area contributed by atoms with Crippen LogP contribution in [0.15, 0.2) is 224 Å². The Hall–Kier alpha value is -6.42. The molecule has 3 N–H and O–H groups in total. The molecule has 0 amide bonds. The summed E-state index contributed by atoms with van der Waals surface area (Å²) in [5.41, 5.74) is 10.2. The van der Waals surface area contributed by atoms with Gasteiger partial charge in [-0.05, 0) is 122 Å². The normalized spacial score (nSPS) is 19.3. The second-order valence-electron chi connectivity index (χ2n) is 14.4. The first kappa shape index (κ1) is 48.0. The SMILES string of the molecule is C/C(=C\C(=N)c1ccccc1)c1ccccc1.C=C(/C=C\C=N)C1(c2cc(C(/C=C/C=C/C=C\CC)=C/C=C\C=C\C)ccc2C)C(=C)/C=C\C(O)C/C=C\1CC/C=C\C. The van der Waals surface area contributed by atoms with Crippen LogP contribution in [-0.2, 0) is 5.41 Å². The van der Waals surface area contributed by atoms with E-state index in [2.05, 4.69) is 112 Å². The third kappa shape index (κ3) is 14.4. The zero-order chi connectivity index (χ0) is 43.6. The fourth-order valence-corrected chi connectivity index (χ4v) is 6.96. The molecule has 0 bridgehead atoms. The van der Waals surface area contributed by atoms with E-state index >= 15 is 0 Å². The summed E-state index contributed by atoms with van der Waals surface area (Å²) in [5, 5.41) is 26.3. The third-order valence-corrected chi connectivity index (χ3v) is 10.1. The molecule has 1 aliphatic carbocycles. The molecule has 0 heterocycles. The zero-order valence-corrected chi connectivity index (χ0v) is 36.3. The molecule has 308 valence electrons. The molecule has 2 unspecified atom stereocenters. The topological polar surface area (TPSA) is 67.9 Å². The minimum Gasteiger partial charge on any atom is -0.389 e. The van der Waals surface area contributed by atoms with Crippen LogP contribution in [0.4, 0.5) is 0 Å². The van der Waals surface area contributed by atoms with E-state index in [-0.39, 0.29) is 0 Å². The summed E-state index contributed by atoms with van der Waals surface area (Å²) in [7, 11) is 0. The molecule has 60 heavy (non-hydrogen) atoms. The highest BCUT2D eigenvalue weighted by molar-refractivity contribution is 6.10. The van der Waals surface area contributed by atoms with Crippen molar-refractivity contribution in [3.8, 4) is 0 Å². The van der Waals surface area contributed by atoms with Gasteiger partial charge in [0.25, 0.3) is 0 Å². The first-order chi connectivity index (χ1) is 29.1. The summed E-state index contributed by atoms with van der Waals surface area (Å²) in [6, 6.07) is 26.5. The van der Waals surface area contributed by atoms with Gasteiger partial charge in [0.15, 0.2) is 0 Å². The number of aliphatic hydroxyl groups is 1. The lowest BCUT2D eigenvalue weighted by atomic mass is 9.61. The van der Waals surface area contributed by atoms with Gasteiger partial charge in [0.2, 0.25) is 0 Å². The van der Waals surface area contributed by atoms with Crippen molar-refractivity contribution in [2.45, 2.75) is 71.8 Å². The van der Waals surface area contributed by atoms with Crippen molar-refractivity contribution >= 4 is 23.1 Å². The van der Waals surface area contributed by atoms with E-state index in [0.717, 1.165) is 74.9 Å². The van der Waals surface area contributed by atoms with E-state index in [9.17, 15) is 5.11 Å². The van der Waals surface area contributed by atoms with E-state index < -0.39 is 11.5 Å². The van der Waals surface area contributed by atoms with Gasteiger partial charge in [0.05, 0.1) is 17.2 Å². The Bertz CT molecular complexity index is 2230. The number of aryl methyl sites for hydroxylation is 1. The van der Waals surface area contributed by atoms with Gasteiger partial charge in [-0.25, -0.2) is 0 Å². The lowest BCUT2D eigenvalue weighted by Gasteiger charge is -2.41. The maximum Gasteiger partial charge on any atom is 0.0758 e. The average molecular weight is 793 g/mol. The second kappa shape index (κ2) is 26.6. The molecule has 0 radical (unpaired) electrons. The average Bonchev–Trinajstić information content (AvgIpc) is 3.26. The fraction of sp³-hybridized carbons (Fsp3) is 0.193. The third-order valence-electron chi connectivity index (χ3n) is 10.1. The molecular weight excluding hydrogens is 729 g/mol. The highest BCUT2D eigenvalue weighted by Gasteiger charge is 2.41. The second-order valence-corrected chi connectivity index (χ2v) is 14.4. The van der Waals surface area contributed by atoms with Crippen LogP contribution in [0, 0.1) is 17.7 Å². The molecule has 1 aliphatic rings. The van der Waals surface area contributed by atoms with Crippen LogP contribution in [0.25, 0.3) is 11.1 Å². The molecular formula is C57H64N2O. The molecule has 3 heteroatoms. The summed E-state index contributed by atoms with van der Waals surface area (Å²) in [4.78, 5) is 0. The number of allylic oxidation sites excluding steroid dienone is 22. The van der Waals surface area contributed by atoms with E-state index in [1.54, 1.807) is 6.08 Å². The Morgan fingerprint density at radius 1 is 0.817 bits per heavy atom. The zero-order valence-electron chi connectivity index (χ0n) is 36.3. The van der Waals surface area contributed by atoms with Crippen molar-refractivity contribution in [2.24, 2.45) is 0 Å². The first-order valence-corrected chi connectivity index (χ1v) is 20.8. The van der Waals surface area contributed by atoms with Crippen molar-refractivity contribution in [1.82, 2.24) is 0 Å². The molecule has 4 rings (SSSR count). The van der Waals surface area contributed by atoms with Gasteiger partial charge in [-0.1, -0.05) is 202 Å². The van der Waals surface area contributed by atoms with E-state index in [0.29, 0.717) is 12.1 Å². The van der Waals surface area contributed by atoms with Crippen molar-refractivity contribution in [3.05, 3.63) is 252 Å². The number of hydrogen-bond acceptors (Lipinski definition) is 3. The maximum absolute atomic E-state index is 10.6. The molecule has 3 aromatic rings. The monoisotopic (exact) mass is 793 g/mol. The van der Waals surface area contributed by atoms with Gasteiger partial charge in [-0.2, -0.15) is 0 Å². The van der Waals surface area contributed by atoms with Crippen molar-refractivity contribution in [2.75, 3.05) is 0 Å². The predicted molar refractivity (Wildman–Crippen MR) is 264 cm³/mol. The Balaban J connectivity index is 0.000000466. The quantitative estimate of drug-likeness (QED) is 0.0711. The molecule has 3 nitrogen and oxygen atoms in total. The van der Waals surface area contributed by atoms with Crippen LogP contribution in [0.3, 0.4) is 0 Å². The van der Waals surface area contributed by atoms with E-state index in [1.165, 1.54) is 6.21 Å². The van der Waals surface area contributed by atoms with Crippen LogP contribution in [0.1, 0.15) is 81.2 Å². The Kier molecular flexibility index (Phi) is 21.2. The lowest BCUT2D eigenvalue weighted by molar-refractivity contribution is 0.225. The Morgan fingerprint density at radius 3 is 2.17 bits per heavy atom. The molecule has 0 spiro atoms. The highest BCUT2D eigenvalue weighted by Crippen LogP contribution is 2.50. The van der Waals surface area contributed by atoms with Crippen LogP contribution in [-0.4, -0.2) is 23.1 Å². The molecule has 0 aromatic heterocycles. The van der Waals surface area contributed by atoms with Crippen LogP contribution < -0.4 is 0 Å². The van der Waals surface area contributed by atoms with Crippen LogP contribution in [0.5, 0.6) is 0 Å². The standard InChI is InChI=1S/C41H49NO.C16H15N/c1-7-10-13-15-16-19-23-36(22-18-14-11-8-2)37-27-25-33(4)40(32-37)41(34(5)21-20-31-42)35(6)26-29-39(43)30-28-38(41)24-17-12-9-3;1-13(14-8-4-2-5-9-14)12-16(17)15-10-6-3-7-11-15/h8-16,18-23,25-29,31-32,39,42-43H,5-7,17,24,30H2,1-4H3;2-12,17H,1H3/b11-8+,12-9-,13-10-,16-15+,18-14-,21-20-,23-19+,29-26-,36-22+,38-28-,42-31?;13-12+,17-16?. The van der Waals surface area contributed by atoms with Crippen molar-refractivity contribution in [1.29, 1.82) is 10.8 Å². The van der Waals surface area contributed by atoms with Gasteiger partial charge < -0.3 is 15.9 Å². The summed E-state index contributed by atoms with van der Waals surface area (Å²) in [6.07, 6.45) is 42.3. The number of aliphatic hydroxyl groups excluding tert-OH is 1. The smallest absolute Gasteiger partial charge is 0.0758 e. The summed E-state index contributed by atoms with van der Waals surface area (Å²) >= 11 is 0. The summed E-state index contributed by atoms with van der Waals surface area (Å²) < 4.78 is 0. The minimum atomic E-state index is -0.738. The molecule has 2 atom stereocenters. The van der Waals surface area contributed by atoms with Gasteiger partial charge in [-0.15, -0.1) is 0 Å². The first-order valence-electron chi connectivity index (χ1n) is 20.8. The number of nitrogens with one attached hydrogen (secondary N) is 2. The molecule has 3 aromatic carbocycles. The van der Waals surface area contributed by atoms with Gasteiger partial charge >= 0.3 is 0 Å². The number of hydrogen-bond donors (Lipinski definition) is 3. The largest absolute Gasteiger partial charge is 0.389 e. The lowest BCUT2D eigenvalue weighted by Crippen LogP contribution is -2.34. The highest BCUT2D eigenvalue weighted by atomic mass is 16.3. The van der Waals surface area contributed by atoms with Crippen molar-refractivity contribution < 1.29 is 5.11 Å². The molecule has 0 saturated carbocycles. The number of benzene rings is 3. The number of rotatable bonds is 17. The maximum atomic E-state index is 10.6. The fourth-order valence-electron chi connectivity index (χ4n) is 6.96. The van der Waals surface area contributed by atoms with Gasteiger partial charge in [0, 0.05) is 6.21 Å². The Morgan fingerprint density at radius 2 is 1.50 bits per heavy atom. The van der Waals surface area contributed by atoms with Crippen molar-refractivity contribution in [3.63, 3.8) is 0 Å². The van der Waals surface area contributed by atoms with Gasteiger partial charge in [-0.3, -0.25) is 0 Å². The molecule has 0 aliphatic heterocycles. The minimum absolute atomic E-state index is 0.513. The van der Waals surface area contributed by atoms with E-state index in [4.69, 9.17) is 10.8 Å². The Labute approximate surface area is 361 Å². The summed E-state index contributed by atoms with van der Waals surface area (Å²) in [6.45, 7) is 19.5. The van der Waals surface area contributed by atoms with Crippen LogP contribution in [0.2, 0.25) is 0 Å².